The number of imidazole rings is 1. The Morgan fingerprint density at radius 2 is 2.11 bits per heavy atom. The molecule has 0 unspecified atom stereocenters. The van der Waals surface area contributed by atoms with Crippen molar-refractivity contribution in [3.05, 3.63) is 47.5 Å². The number of rotatable bonds is 5. The van der Waals surface area contributed by atoms with Gasteiger partial charge in [0.05, 0.1) is 5.02 Å². The lowest BCUT2D eigenvalue weighted by Gasteiger charge is -2.07. The Morgan fingerprint density at radius 3 is 2.78 bits per heavy atom. The first kappa shape index (κ1) is 13.1. The number of halogens is 1. The maximum absolute atomic E-state index is 12.0. The van der Waals surface area contributed by atoms with Crippen LogP contribution in [0.15, 0.2) is 41.6 Å². The van der Waals surface area contributed by atoms with Crippen LogP contribution in [0.1, 0.15) is 5.82 Å². The van der Waals surface area contributed by atoms with Crippen molar-refractivity contribution in [3.8, 4) is 0 Å². The fourth-order valence-corrected chi connectivity index (χ4v) is 3.03. The van der Waals surface area contributed by atoms with Gasteiger partial charge in [-0.1, -0.05) is 23.7 Å². The molecule has 18 heavy (non-hydrogen) atoms. The summed E-state index contributed by atoms with van der Waals surface area (Å²) in [6, 6.07) is 6.33. The van der Waals surface area contributed by atoms with Crippen LogP contribution in [0.25, 0.3) is 0 Å². The lowest BCUT2D eigenvalue weighted by molar-refractivity contribution is 0.581. The Labute approximate surface area is 110 Å². The summed E-state index contributed by atoms with van der Waals surface area (Å²) in [5.41, 5.74) is 0. The highest BCUT2D eigenvalue weighted by Crippen LogP contribution is 2.19. The van der Waals surface area contributed by atoms with Crippen molar-refractivity contribution >= 4 is 21.6 Å². The molecule has 0 aliphatic carbocycles. The van der Waals surface area contributed by atoms with Crippen LogP contribution in [-0.4, -0.2) is 24.9 Å². The van der Waals surface area contributed by atoms with Crippen LogP contribution in [0.2, 0.25) is 5.02 Å². The molecule has 96 valence electrons. The van der Waals surface area contributed by atoms with Crippen LogP contribution in [-0.2, 0) is 16.4 Å². The lowest BCUT2D eigenvalue weighted by atomic mass is 10.4. The predicted octanol–water partition coefficient (Wildman–Crippen LogP) is 1.58. The molecule has 0 spiro atoms. The molecule has 2 rings (SSSR count). The molecule has 0 fully saturated rings. The molecule has 1 aromatic heterocycles. The van der Waals surface area contributed by atoms with Crippen LogP contribution in [0.4, 0.5) is 0 Å². The second-order valence-corrected chi connectivity index (χ2v) is 5.76. The Bertz CT molecular complexity index is 611. The molecule has 0 saturated carbocycles. The summed E-state index contributed by atoms with van der Waals surface area (Å²) in [4.78, 5) is 7.00. The standard InChI is InChI=1S/C11H12ClN3O2S/c12-9-3-1-2-4-10(9)18(16,17)15-6-5-11-13-7-8-14-11/h1-4,7-8,15H,5-6H2,(H,13,14). The van der Waals surface area contributed by atoms with Crippen molar-refractivity contribution < 1.29 is 8.42 Å². The van der Waals surface area contributed by atoms with Crippen molar-refractivity contribution in [1.82, 2.24) is 14.7 Å². The van der Waals surface area contributed by atoms with Crippen molar-refractivity contribution in [2.75, 3.05) is 6.54 Å². The lowest BCUT2D eigenvalue weighted by Crippen LogP contribution is -2.26. The molecule has 0 aliphatic rings. The molecular formula is C11H12ClN3O2S. The fourth-order valence-electron chi connectivity index (χ4n) is 1.48. The molecule has 1 aromatic carbocycles. The molecule has 0 amide bonds. The summed E-state index contributed by atoms with van der Waals surface area (Å²) in [7, 11) is -3.57. The van der Waals surface area contributed by atoms with E-state index in [9.17, 15) is 8.42 Å². The van der Waals surface area contributed by atoms with E-state index in [2.05, 4.69) is 14.7 Å². The third-order valence-corrected chi connectivity index (χ3v) is 4.30. The van der Waals surface area contributed by atoms with Crippen LogP contribution in [0, 0.1) is 0 Å². The SMILES string of the molecule is O=S(=O)(NCCc1ncc[nH]1)c1ccccc1Cl. The first-order valence-electron chi connectivity index (χ1n) is 5.32. The maximum Gasteiger partial charge on any atom is 0.242 e. The summed E-state index contributed by atoms with van der Waals surface area (Å²) in [6.45, 7) is 0.265. The van der Waals surface area contributed by atoms with Gasteiger partial charge in [0.1, 0.15) is 10.7 Å². The minimum absolute atomic E-state index is 0.0890. The van der Waals surface area contributed by atoms with Gasteiger partial charge in [0.15, 0.2) is 0 Å². The van der Waals surface area contributed by atoms with Gasteiger partial charge < -0.3 is 4.98 Å². The van der Waals surface area contributed by atoms with Gasteiger partial charge >= 0.3 is 0 Å². The van der Waals surface area contributed by atoms with Crippen LogP contribution in [0.5, 0.6) is 0 Å². The monoisotopic (exact) mass is 285 g/mol. The molecule has 0 bridgehead atoms. The number of aromatic amines is 1. The van der Waals surface area contributed by atoms with E-state index in [0.29, 0.717) is 6.42 Å². The Hall–Kier alpha value is -1.37. The van der Waals surface area contributed by atoms with Gasteiger partial charge in [-0.05, 0) is 12.1 Å². The van der Waals surface area contributed by atoms with Gasteiger partial charge in [0, 0.05) is 25.4 Å². The zero-order valence-corrected chi connectivity index (χ0v) is 11.0. The number of benzene rings is 1. The highest BCUT2D eigenvalue weighted by atomic mass is 35.5. The number of H-pyrrole nitrogens is 1. The van der Waals surface area contributed by atoms with Gasteiger partial charge in [-0.15, -0.1) is 0 Å². The fraction of sp³-hybridized carbons (Fsp3) is 0.182. The Morgan fingerprint density at radius 1 is 1.33 bits per heavy atom. The van der Waals surface area contributed by atoms with Crippen LogP contribution >= 0.6 is 11.6 Å². The maximum atomic E-state index is 12.0. The second-order valence-electron chi connectivity index (χ2n) is 3.61. The van der Waals surface area contributed by atoms with Crippen molar-refractivity contribution in [2.24, 2.45) is 0 Å². The topological polar surface area (TPSA) is 74.8 Å². The summed E-state index contributed by atoms with van der Waals surface area (Å²) >= 11 is 5.85. The first-order chi connectivity index (χ1) is 8.59. The van der Waals surface area contributed by atoms with Crippen LogP contribution in [0.3, 0.4) is 0 Å². The minimum Gasteiger partial charge on any atom is -0.349 e. The zero-order valence-electron chi connectivity index (χ0n) is 9.43. The summed E-state index contributed by atoms with van der Waals surface area (Å²) < 4.78 is 26.4. The minimum atomic E-state index is -3.57. The Balaban J connectivity index is 2.02. The third kappa shape index (κ3) is 3.10. The van der Waals surface area contributed by atoms with Gasteiger partial charge in [0.25, 0.3) is 0 Å². The molecule has 5 nitrogen and oxygen atoms in total. The number of sulfonamides is 1. The molecule has 0 aliphatic heterocycles. The van der Waals surface area contributed by atoms with E-state index in [0.717, 1.165) is 5.82 Å². The summed E-state index contributed by atoms with van der Waals surface area (Å²) in [6.07, 6.45) is 3.81. The number of hydrogen-bond acceptors (Lipinski definition) is 3. The number of nitrogens with zero attached hydrogens (tertiary/aromatic N) is 1. The van der Waals surface area contributed by atoms with Gasteiger partial charge in [0.2, 0.25) is 10.0 Å². The highest BCUT2D eigenvalue weighted by Gasteiger charge is 2.16. The molecule has 2 N–H and O–H groups in total. The first-order valence-corrected chi connectivity index (χ1v) is 7.18. The zero-order chi connectivity index (χ0) is 13.0. The molecular weight excluding hydrogens is 274 g/mol. The quantitative estimate of drug-likeness (QED) is 0.876. The molecule has 0 radical (unpaired) electrons. The molecule has 7 heteroatoms. The van der Waals surface area contributed by atoms with Crippen molar-refractivity contribution in [2.45, 2.75) is 11.3 Å². The van der Waals surface area contributed by atoms with E-state index >= 15 is 0 Å². The largest absolute Gasteiger partial charge is 0.349 e. The average molecular weight is 286 g/mol. The van der Waals surface area contributed by atoms with Crippen molar-refractivity contribution in [1.29, 1.82) is 0 Å². The third-order valence-electron chi connectivity index (χ3n) is 2.33. The van der Waals surface area contributed by atoms with Gasteiger partial charge in [-0.2, -0.15) is 0 Å². The number of aromatic nitrogens is 2. The number of nitrogens with one attached hydrogen (secondary N) is 2. The van der Waals surface area contributed by atoms with Crippen molar-refractivity contribution in [3.63, 3.8) is 0 Å². The van der Waals surface area contributed by atoms with Gasteiger partial charge in [-0.3, -0.25) is 0 Å². The van der Waals surface area contributed by atoms with Crippen LogP contribution < -0.4 is 4.72 Å². The Kier molecular flexibility index (Phi) is 4.00. The second kappa shape index (κ2) is 5.51. The average Bonchev–Trinajstić information content (AvgIpc) is 2.82. The van der Waals surface area contributed by atoms with E-state index in [1.54, 1.807) is 30.6 Å². The van der Waals surface area contributed by atoms with E-state index in [1.807, 2.05) is 0 Å². The predicted molar refractivity (Wildman–Crippen MR) is 68.9 cm³/mol. The van der Waals surface area contributed by atoms with E-state index in [4.69, 9.17) is 11.6 Å². The normalized spacial score (nSPS) is 11.6. The van der Waals surface area contributed by atoms with E-state index in [1.165, 1.54) is 6.07 Å². The smallest absolute Gasteiger partial charge is 0.242 e. The summed E-state index contributed by atoms with van der Waals surface area (Å²) in [5, 5.41) is 0.211. The number of hydrogen-bond donors (Lipinski definition) is 2. The van der Waals surface area contributed by atoms with E-state index < -0.39 is 10.0 Å². The molecule has 2 aromatic rings. The highest BCUT2D eigenvalue weighted by molar-refractivity contribution is 7.89. The van der Waals surface area contributed by atoms with Gasteiger partial charge in [-0.25, -0.2) is 18.1 Å². The molecule has 1 heterocycles. The van der Waals surface area contributed by atoms with E-state index in [-0.39, 0.29) is 16.5 Å². The molecule has 0 saturated heterocycles. The molecule has 0 atom stereocenters. The summed E-state index contributed by atoms with van der Waals surface area (Å²) in [5.74, 6) is 0.733.